The molecule has 1 atom stereocenters. The fraction of sp³-hybridized carbons (Fsp3) is 0.571. The van der Waals surface area contributed by atoms with Crippen molar-refractivity contribution in [1.82, 2.24) is 4.72 Å². The zero-order chi connectivity index (χ0) is 15.2. The van der Waals surface area contributed by atoms with E-state index < -0.39 is 20.7 Å². The van der Waals surface area contributed by atoms with Crippen molar-refractivity contribution in [1.29, 1.82) is 0 Å². The third-order valence-electron chi connectivity index (χ3n) is 3.13. The van der Waals surface area contributed by atoms with Crippen molar-refractivity contribution in [3.63, 3.8) is 0 Å². The van der Waals surface area contributed by atoms with E-state index in [1.807, 2.05) is 13.8 Å². The Kier molecular flexibility index (Phi) is 6.42. The Labute approximate surface area is 120 Å². The molecule has 0 aliphatic rings. The number of hydrogen-bond donors (Lipinski definition) is 2. The molecule has 6 heteroatoms. The standard InChI is InChI=1S/C14H23FN2O2S/c1-3-5-8-11(7-4-2)17-20(18,19)14-12(15)9-6-10-13(14)16/h6,9-11,17H,3-5,7-8,16H2,1-2H3. The van der Waals surface area contributed by atoms with Crippen molar-refractivity contribution in [2.45, 2.75) is 56.9 Å². The lowest BCUT2D eigenvalue weighted by Gasteiger charge is -2.18. The molecule has 0 bridgehead atoms. The van der Waals surface area contributed by atoms with Gasteiger partial charge in [0.25, 0.3) is 0 Å². The molecule has 0 aromatic heterocycles. The van der Waals surface area contributed by atoms with Crippen molar-refractivity contribution >= 4 is 15.7 Å². The first kappa shape index (κ1) is 16.9. The van der Waals surface area contributed by atoms with Crippen LogP contribution in [-0.4, -0.2) is 14.5 Å². The normalized spacial score (nSPS) is 13.3. The minimum atomic E-state index is -3.92. The van der Waals surface area contributed by atoms with E-state index >= 15 is 0 Å². The molecule has 1 unspecified atom stereocenters. The smallest absolute Gasteiger partial charge is 0.245 e. The number of rotatable bonds is 8. The average Bonchev–Trinajstić information content (AvgIpc) is 2.35. The Morgan fingerprint density at radius 2 is 1.95 bits per heavy atom. The molecule has 0 saturated carbocycles. The second-order valence-corrected chi connectivity index (χ2v) is 6.56. The molecule has 4 nitrogen and oxygen atoms in total. The molecule has 0 fully saturated rings. The van der Waals surface area contributed by atoms with Gasteiger partial charge in [-0.3, -0.25) is 0 Å². The number of nitrogens with two attached hydrogens (primary N) is 1. The van der Waals surface area contributed by atoms with Crippen molar-refractivity contribution in [3.05, 3.63) is 24.0 Å². The number of anilines is 1. The summed E-state index contributed by atoms with van der Waals surface area (Å²) in [7, 11) is -3.92. The number of hydrogen-bond acceptors (Lipinski definition) is 3. The SMILES string of the molecule is CCCCC(CCC)NS(=O)(=O)c1c(N)cccc1F. The van der Waals surface area contributed by atoms with Gasteiger partial charge >= 0.3 is 0 Å². The van der Waals surface area contributed by atoms with Crippen LogP contribution in [0.5, 0.6) is 0 Å². The first-order valence-corrected chi connectivity index (χ1v) is 8.47. The van der Waals surface area contributed by atoms with E-state index in [1.165, 1.54) is 12.1 Å². The molecule has 1 aromatic carbocycles. The van der Waals surface area contributed by atoms with Crippen molar-refractivity contribution < 1.29 is 12.8 Å². The van der Waals surface area contributed by atoms with Gasteiger partial charge in [0.05, 0.1) is 5.69 Å². The second kappa shape index (κ2) is 7.59. The summed E-state index contributed by atoms with van der Waals surface area (Å²) in [4.78, 5) is -0.447. The summed E-state index contributed by atoms with van der Waals surface area (Å²) in [6, 6.07) is 3.71. The Morgan fingerprint density at radius 1 is 1.25 bits per heavy atom. The number of nitrogens with one attached hydrogen (secondary N) is 1. The van der Waals surface area contributed by atoms with Crippen LogP contribution in [0.2, 0.25) is 0 Å². The predicted molar refractivity (Wildman–Crippen MR) is 79.4 cm³/mol. The molecule has 0 amide bonds. The third-order valence-corrected chi connectivity index (χ3v) is 4.74. The highest BCUT2D eigenvalue weighted by Gasteiger charge is 2.25. The van der Waals surface area contributed by atoms with E-state index in [-0.39, 0.29) is 11.7 Å². The van der Waals surface area contributed by atoms with Crippen LogP contribution in [-0.2, 0) is 10.0 Å². The van der Waals surface area contributed by atoms with Crippen molar-refractivity contribution in [2.75, 3.05) is 5.73 Å². The van der Waals surface area contributed by atoms with Crippen LogP contribution in [0.25, 0.3) is 0 Å². The molecule has 1 aromatic rings. The van der Waals surface area contributed by atoms with Gasteiger partial charge in [-0.2, -0.15) is 0 Å². The van der Waals surface area contributed by atoms with E-state index in [0.29, 0.717) is 0 Å². The van der Waals surface area contributed by atoms with Crippen molar-refractivity contribution in [2.24, 2.45) is 0 Å². The van der Waals surface area contributed by atoms with Gasteiger partial charge in [-0.05, 0) is 25.0 Å². The zero-order valence-corrected chi connectivity index (χ0v) is 12.8. The summed E-state index contributed by atoms with van der Waals surface area (Å²) < 4.78 is 40.9. The van der Waals surface area contributed by atoms with Gasteiger partial charge in [0.15, 0.2) is 0 Å². The number of sulfonamides is 1. The van der Waals surface area contributed by atoms with Crippen LogP contribution >= 0.6 is 0 Å². The van der Waals surface area contributed by atoms with Gasteiger partial charge in [0, 0.05) is 6.04 Å². The highest BCUT2D eigenvalue weighted by molar-refractivity contribution is 7.89. The minimum Gasteiger partial charge on any atom is -0.398 e. The fourth-order valence-corrected chi connectivity index (χ4v) is 3.64. The summed E-state index contributed by atoms with van der Waals surface area (Å²) >= 11 is 0. The Morgan fingerprint density at radius 3 is 2.50 bits per heavy atom. The van der Waals surface area contributed by atoms with Gasteiger partial charge in [-0.15, -0.1) is 0 Å². The zero-order valence-electron chi connectivity index (χ0n) is 12.0. The number of nitrogen functional groups attached to an aromatic ring is 1. The van der Waals surface area contributed by atoms with E-state index in [1.54, 1.807) is 0 Å². The first-order chi connectivity index (χ1) is 9.42. The molecule has 3 N–H and O–H groups in total. The summed E-state index contributed by atoms with van der Waals surface area (Å²) in [5.41, 5.74) is 5.53. The monoisotopic (exact) mass is 302 g/mol. The fourth-order valence-electron chi connectivity index (χ4n) is 2.15. The van der Waals surface area contributed by atoms with Crippen LogP contribution in [0, 0.1) is 5.82 Å². The van der Waals surface area contributed by atoms with Crippen molar-refractivity contribution in [3.8, 4) is 0 Å². The lowest BCUT2D eigenvalue weighted by molar-refractivity contribution is 0.480. The van der Waals surface area contributed by atoms with Gasteiger partial charge in [-0.25, -0.2) is 17.5 Å². The summed E-state index contributed by atoms with van der Waals surface area (Å²) in [6.07, 6.45) is 4.26. The molecule has 0 aliphatic heterocycles. The van der Waals surface area contributed by atoms with Gasteiger partial charge in [-0.1, -0.05) is 39.2 Å². The second-order valence-electron chi connectivity index (χ2n) is 4.91. The molecule has 1 rings (SSSR count). The Bertz CT molecular complexity index is 512. The molecular formula is C14H23FN2O2S. The predicted octanol–water partition coefficient (Wildman–Crippen LogP) is 3.05. The number of unbranched alkanes of at least 4 members (excludes halogenated alkanes) is 1. The summed E-state index contributed by atoms with van der Waals surface area (Å²) in [5.74, 6) is -0.816. The molecule has 0 heterocycles. The summed E-state index contributed by atoms with van der Waals surface area (Å²) in [6.45, 7) is 4.04. The molecule has 0 aliphatic carbocycles. The molecule has 0 saturated heterocycles. The highest BCUT2D eigenvalue weighted by Crippen LogP contribution is 2.22. The quantitative estimate of drug-likeness (QED) is 0.725. The van der Waals surface area contributed by atoms with E-state index in [0.717, 1.165) is 38.2 Å². The lowest BCUT2D eigenvalue weighted by atomic mass is 10.1. The van der Waals surface area contributed by atoms with Crippen LogP contribution in [0.1, 0.15) is 46.0 Å². The topological polar surface area (TPSA) is 72.2 Å². The molecule has 0 radical (unpaired) electrons. The first-order valence-electron chi connectivity index (χ1n) is 6.98. The Balaban J connectivity index is 2.97. The largest absolute Gasteiger partial charge is 0.398 e. The molecule has 0 spiro atoms. The molecule has 114 valence electrons. The number of benzene rings is 1. The van der Waals surface area contributed by atoms with Gasteiger partial charge in [0.1, 0.15) is 10.7 Å². The van der Waals surface area contributed by atoms with Gasteiger partial charge < -0.3 is 5.73 Å². The average molecular weight is 302 g/mol. The summed E-state index contributed by atoms with van der Waals surface area (Å²) in [5, 5.41) is 0. The maximum absolute atomic E-state index is 13.7. The van der Waals surface area contributed by atoms with Crippen LogP contribution in [0.4, 0.5) is 10.1 Å². The number of halogens is 1. The van der Waals surface area contributed by atoms with Crippen LogP contribution in [0.15, 0.2) is 23.1 Å². The maximum atomic E-state index is 13.7. The highest BCUT2D eigenvalue weighted by atomic mass is 32.2. The van der Waals surface area contributed by atoms with E-state index in [9.17, 15) is 12.8 Å². The minimum absolute atomic E-state index is 0.0664. The lowest BCUT2D eigenvalue weighted by Crippen LogP contribution is -2.35. The third kappa shape index (κ3) is 4.45. The van der Waals surface area contributed by atoms with Crippen LogP contribution < -0.4 is 10.5 Å². The van der Waals surface area contributed by atoms with Crippen LogP contribution in [0.3, 0.4) is 0 Å². The maximum Gasteiger partial charge on any atom is 0.245 e. The molecule has 20 heavy (non-hydrogen) atoms. The van der Waals surface area contributed by atoms with Gasteiger partial charge in [0.2, 0.25) is 10.0 Å². The molecular weight excluding hydrogens is 279 g/mol. The van der Waals surface area contributed by atoms with E-state index in [4.69, 9.17) is 5.73 Å². The Hall–Kier alpha value is -1.14. The van der Waals surface area contributed by atoms with E-state index in [2.05, 4.69) is 4.72 Å².